The van der Waals surface area contributed by atoms with Gasteiger partial charge in [0.25, 0.3) is 0 Å². The number of aromatic nitrogens is 2. The fourth-order valence-electron chi connectivity index (χ4n) is 5.45. The van der Waals surface area contributed by atoms with E-state index in [1.54, 1.807) is 26.7 Å². The second-order valence-electron chi connectivity index (χ2n) is 10.4. The molecule has 1 aliphatic rings. The average molecular weight is 533 g/mol. The summed E-state index contributed by atoms with van der Waals surface area (Å²) in [5, 5.41) is 3.03. The van der Waals surface area contributed by atoms with Crippen LogP contribution in [-0.2, 0) is 27.8 Å². The second kappa shape index (κ2) is 13.3. The largest absolute Gasteiger partial charge is 0.497 e. The number of hydrogen-bond acceptors (Lipinski definition) is 5. The zero-order valence-electron chi connectivity index (χ0n) is 23.2. The number of ether oxygens (including phenoxy) is 2. The van der Waals surface area contributed by atoms with Gasteiger partial charge in [-0.25, -0.2) is 4.98 Å². The first-order valence-corrected chi connectivity index (χ1v) is 13.8. The molecule has 0 spiro atoms. The van der Waals surface area contributed by atoms with Crippen molar-refractivity contribution in [2.75, 3.05) is 27.3 Å². The summed E-state index contributed by atoms with van der Waals surface area (Å²) >= 11 is 0. The predicted octanol–water partition coefficient (Wildman–Crippen LogP) is 4.45. The molecule has 1 aliphatic heterocycles. The smallest absolute Gasteiger partial charge is 0.245 e. The number of unbranched alkanes of at least 4 members (excludes halogenated alkanes) is 2. The first kappa shape index (κ1) is 28.2. The molecule has 4 rings (SSSR count). The maximum atomic E-state index is 13.9. The van der Waals surface area contributed by atoms with E-state index in [-0.39, 0.29) is 23.7 Å². The van der Waals surface area contributed by atoms with Crippen molar-refractivity contribution in [1.82, 2.24) is 20.2 Å². The maximum absolute atomic E-state index is 13.9. The number of para-hydroxylation sites is 1. The number of H-pyrrole nitrogens is 1. The molecule has 208 valence electrons. The summed E-state index contributed by atoms with van der Waals surface area (Å²) in [6.07, 6.45) is 8.90. The van der Waals surface area contributed by atoms with E-state index in [1.807, 2.05) is 47.4 Å². The number of aromatic amines is 1. The number of carbonyl (C=O) groups is 2. The van der Waals surface area contributed by atoms with Gasteiger partial charge in [0.15, 0.2) is 0 Å². The van der Waals surface area contributed by atoms with Crippen molar-refractivity contribution in [1.29, 1.82) is 0 Å². The van der Waals surface area contributed by atoms with Crippen LogP contribution in [0.1, 0.15) is 55.8 Å². The van der Waals surface area contributed by atoms with Gasteiger partial charge in [-0.05, 0) is 36.6 Å². The lowest BCUT2D eigenvalue weighted by Gasteiger charge is -2.52. The van der Waals surface area contributed by atoms with E-state index < -0.39 is 6.04 Å². The van der Waals surface area contributed by atoms with Gasteiger partial charge in [-0.15, -0.1) is 0 Å². The number of imidazole rings is 1. The number of aryl methyl sites for hydroxylation is 1. The molecule has 39 heavy (non-hydrogen) atoms. The van der Waals surface area contributed by atoms with E-state index in [0.717, 1.165) is 54.0 Å². The number of nitrogens with zero attached hydrogens (tertiary/aromatic N) is 2. The monoisotopic (exact) mass is 532 g/mol. The highest BCUT2D eigenvalue weighted by Crippen LogP contribution is 2.43. The van der Waals surface area contributed by atoms with Crippen molar-refractivity contribution in [2.45, 2.75) is 63.3 Å². The highest BCUT2D eigenvalue weighted by atomic mass is 16.5. The molecule has 2 heterocycles. The zero-order valence-corrected chi connectivity index (χ0v) is 23.2. The van der Waals surface area contributed by atoms with E-state index in [2.05, 4.69) is 28.3 Å². The summed E-state index contributed by atoms with van der Waals surface area (Å²) in [5.41, 5.74) is 2.86. The molecule has 2 amide bonds. The minimum atomic E-state index is -0.654. The molecule has 1 aromatic heterocycles. The molecule has 8 nitrogen and oxygen atoms in total. The molecule has 1 saturated heterocycles. The Hall–Kier alpha value is -3.81. The van der Waals surface area contributed by atoms with Gasteiger partial charge in [-0.2, -0.15) is 0 Å². The number of benzene rings is 2. The van der Waals surface area contributed by atoms with Crippen LogP contribution in [0.4, 0.5) is 0 Å². The third-order valence-corrected chi connectivity index (χ3v) is 7.64. The second-order valence-corrected chi connectivity index (χ2v) is 10.4. The third kappa shape index (κ3) is 6.99. The Morgan fingerprint density at radius 3 is 2.51 bits per heavy atom. The molecule has 1 unspecified atom stereocenters. The first-order valence-electron chi connectivity index (χ1n) is 13.8. The van der Waals surface area contributed by atoms with Crippen LogP contribution in [0.2, 0.25) is 0 Å². The van der Waals surface area contributed by atoms with Gasteiger partial charge in [-0.1, -0.05) is 56.5 Å². The quantitative estimate of drug-likeness (QED) is 0.299. The Bertz CT molecular complexity index is 1200. The lowest BCUT2D eigenvalue weighted by Crippen LogP contribution is -2.65. The molecule has 2 N–H and O–H groups in total. The van der Waals surface area contributed by atoms with Gasteiger partial charge in [0.1, 0.15) is 17.5 Å². The van der Waals surface area contributed by atoms with Gasteiger partial charge in [0.2, 0.25) is 11.8 Å². The van der Waals surface area contributed by atoms with Gasteiger partial charge in [-0.3, -0.25) is 9.59 Å². The van der Waals surface area contributed by atoms with Crippen LogP contribution in [0.25, 0.3) is 0 Å². The van der Waals surface area contributed by atoms with Crippen LogP contribution in [0.3, 0.4) is 0 Å². The number of methoxy groups -OCH3 is 2. The molecular weight excluding hydrogens is 492 g/mol. The minimum absolute atomic E-state index is 0.0540. The number of carbonyl (C=O) groups excluding carboxylic acids is 2. The lowest BCUT2D eigenvalue weighted by molar-refractivity contribution is -0.143. The summed E-state index contributed by atoms with van der Waals surface area (Å²) in [4.78, 5) is 35.7. The normalized spacial score (nSPS) is 14.8. The Morgan fingerprint density at radius 2 is 1.85 bits per heavy atom. The van der Waals surface area contributed by atoms with E-state index in [4.69, 9.17) is 9.47 Å². The van der Waals surface area contributed by atoms with Gasteiger partial charge >= 0.3 is 0 Å². The fraction of sp³-hybridized carbons (Fsp3) is 0.452. The Morgan fingerprint density at radius 1 is 1.08 bits per heavy atom. The van der Waals surface area contributed by atoms with Crippen LogP contribution in [0.5, 0.6) is 11.5 Å². The SMILES string of the molecule is CCCCCC1(c2ccccc2OC)CN(C(=O)C(Cc2ccc(OC)cc2)NC(=O)CCc2cnc[nH]2)C1. The first-order chi connectivity index (χ1) is 19.0. The number of amides is 2. The van der Waals surface area contributed by atoms with Gasteiger partial charge in [0, 0.05) is 48.8 Å². The van der Waals surface area contributed by atoms with Crippen molar-refractivity contribution in [2.24, 2.45) is 0 Å². The average Bonchev–Trinajstić information content (AvgIpc) is 3.47. The number of rotatable bonds is 14. The van der Waals surface area contributed by atoms with Crippen molar-refractivity contribution in [3.63, 3.8) is 0 Å². The standard InChI is InChI=1S/C31H40N4O4/c1-4-5-8-17-31(26-9-6-7-10-28(26)39-3)20-35(21-31)30(37)27(18-23-11-14-25(38-2)15-12-23)34-29(36)16-13-24-19-32-22-33-24/h6-7,9-12,14-15,19,22,27H,4-5,8,13,16-18,20-21H2,1-3H3,(H,32,33)(H,34,36). The third-order valence-electron chi connectivity index (χ3n) is 7.64. The van der Waals surface area contributed by atoms with E-state index in [0.29, 0.717) is 25.9 Å². The summed E-state index contributed by atoms with van der Waals surface area (Å²) in [7, 11) is 3.32. The number of likely N-dealkylation sites (tertiary alicyclic amines) is 1. The van der Waals surface area contributed by atoms with E-state index >= 15 is 0 Å². The van der Waals surface area contributed by atoms with Crippen LogP contribution in [0.15, 0.2) is 61.1 Å². The highest BCUT2D eigenvalue weighted by molar-refractivity contribution is 5.89. The van der Waals surface area contributed by atoms with E-state index in [9.17, 15) is 9.59 Å². The van der Waals surface area contributed by atoms with Crippen LogP contribution in [0, 0.1) is 0 Å². The summed E-state index contributed by atoms with van der Waals surface area (Å²) < 4.78 is 11.0. The van der Waals surface area contributed by atoms with Crippen molar-refractivity contribution in [3.8, 4) is 11.5 Å². The highest BCUT2D eigenvalue weighted by Gasteiger charge is 2.48. The molecule has 2 aromatic carbocycles. The van der Waals surface area contributed by atoms with Crippen LogP contribution < -0.4 is 14.8 Å². The van der Waals surface area contributed by atoms with Gasteiger partial charge in [0.05, 0.1) is 20.5 Å². The lowest BCUT2D eigenvalue weighted by atomic mass is 9.69. The molecular formula is C31H40N4O4. The Kier molecular flexibility index (Phi) is 9.63. The summed E-state index contributed by atoms with van der Waals surface area (Å²) in [6.45, 7) is 3.42. The molecule has 8 heteroatoms. The summed E-state index contributed by atoms with van der Waals surface area (Å²) in [5.74, 6) is 1.40. The molecule has 0 radical (unpaired) electrons. The van der Waals surface area contributed by atoms with Crippen LogP contribution in [-0.4, -0.2) is 60.0 Å². The van der Waals surface area contributed by atoms with Crippen molar-refractivity contribution >= 4 is 11.8 Å². The zero-order chi connectivity index (χ0) is 27.7. The predicted molar refractivity (Wildman–Crippen MR) is 151 cm³/mol. The molecule has 1 atom stereocenters. The molecule has 3 aromatic rings. The maximum Gasteiger partial charge on any atom is 0.245 e. The van der Waals surface area contributed by atoms with Crippen molar-refractivity contribution < 1.29 is 19.1 Å². The minimum Gasteiger partial charge on any atom is -0.497 e. The van der Waals surface area contributed by atoms with Gasteiger partial charge < -0.3 is 24.7 Å². The molecule has 0 bridgehead atoms. The van der Waals surface area contributed by atoms with Crippen molar-refractivity contribution in [3.05, 3.63) is 77.9 Å². The Balaban J connectivity index is 1.50. The number of hydrogen-bond donors (Lipinski definition) is 2. The Labute approximate surface area is 231 Å². The number of nitrogens with one attached hydrogen (secondary N) is 2. The topological polar surface area (TPSA) is 96.6 Å². The summed E-state index contributed by atoms with van der Waals surface area (Å²) in [6, 6.07) is 15.1. The van der Waals surface area contributed by atoms with E-state index in [1.165, 1.54) is 0 Å². The molecule has 0 saturated carbocycles. The fourth-order valence-corrected chi connectivity index (χ4v) is 5.45. The molecule has 0 aliphatic carbocycles. The van der Waals surface area contributed by atoms with Crippen LogP contribution >= 0.6 is 0 Å². The molecule has 1 fully saturated rings.